The monoisotopic (exact) mass is 508 g/mol. The number of fused-ring (bicyclic) bond motifs is 1. The Bertz CT molecular complexity index is 806. The summed E-state index contributed by atoms with van der Waals surface area (Å²) in [4.78, 5) is 49.7. The van der Waals surface area contributed by atoms with E-state index < -0.39 is 73.3 Å². The lowest BCUT2D eigenvalue weighted by Crippen LogP contribution is -2.40. The van der Waals surface area contributed by atoms with Crippen LogP contribution in [0.2, 0.25) is 0 Å². The van der Waals surface area contributed by atoms with E-state index in [4.69, 9.17) is 18.9 Å². The maximum Gasteiger partial charge on any atom is 0.333 e. The molecule has 10 nitrogen and oxygen atoms in total. The van der Waals surface area contributed by atoms with Gasteiger partial charge < -0.3 is 29.2 Å². The molecule has 0 aromatic rings. The summed E-state index contributed by atoms with van der Waals surface area (Å²) in [6.45, 7) is 9.11. The third-order valence-electron chi connectivity index (χ3n) is 6.14. The van der Waals surface area contributed by atoms with E-state index in [1.807, 2.05) is 0 Å². The first-order valence-electron chi connectivity index (χ1n) is 12.1. The van der Waals surface area contributed by atoms with Gasteiger partial charge in [-0.15, -0.1) is 0 Å². The molecule has 1 saturated carbocycles. The van der Waals surface area contributed by atoms with Crippen LogP contribution < -0.4 is 0 Å². The molecule has 2 aliphatic rings. The van der Waals surface area contributed by atoms with Gasteiger partial charge in [0.25, 0.3) is 0 Å². The van der Waals surface area contributed by atoms with Crippen molar-refractivity contribution in [3.63, 3.8) is 0 Å². The Morgan fingerprint density at radius 1 is 0.806 bits per heavy atom. The van der Waals surface area contributed by atoms with Gasteiger partial charge in [0.15, 0.2) is 0 Å². The standard InChI is InChI=1S/C26H36O10/c1-15(2)23(29)35-21-11-7-8-12-22(36-24(30)16(3)4)20(28)14-34-26(32)18-10-6-5-9-17(18)25(31)33-13-19(21)27/h7-8,17-22,27-28H,1,3,5-6,9-14H2,2,4H3. The average Bonchev–Trinajstić information content (AvgIpc) is 2.85. The lowest BCUT2D eigenvalue weighted by atomic mass is 9.79. The Kier molecular flexibility index (Phi) is 11.3. The fourth-order valence-corrected chi connectivity index (χ4v) is 3.96. The topological polar surface area (TPSA) is 146 Å². The fraction of sp³-hybridized carbons (Fsp3) is 0.615. The molecular formula is C26H36O10. The summed E-state index contributed by atoms with van der Waals surface area (Å²) in [5, 5.41) is 21.2. The third-order valence-corrected chi connectivity index (χ3v) is 6.14. The minimum Gasteiger partial charge on any atom is -0.463 e. The van der Waals surface area contributed by atoms with E-state index in [1.54, 1.807) is 12.2 Å². The molecule has 2 N–H and O–H groups in total. The number of hydrogen-bond donors (Lipinski definition) is 2. The Morgan fingerprint density at radius 2 is 1.17 bits per heavy atom. The molecule has 1 heterocycles. The molecule has 6 atom stereocenters. The minimum absolute atomic E-state index is 0.0516. The highest BCUT2D eigenvalue weighted by Crippen LogP contribution is 2.32. The molecule has 36 heavy (non-hydrogen) atoms. The summed E-state index contributed by atoms with van der Waals surface area (Å²) < 4.78 is 21.2. The zero-order valence-corrected chi connectivity index (χ0v) is 20.9. The lowest BCUT2D eigenvalue weighted by molar-refractivity contribution is -0.171. The van der Waals surface area contributed by atoms with Crippen molar-refractivity contribution in [1.82, 2.24) is 0 Å². The molecule has 1 aliphatic carbocycles. The largest absolute Gasteiger partial charge is 0.463 e. The maximum atomic E-state index is 12.8. The summed E-state index contributed by atoms with van der Waals surface area (Å²) >= 11 is 0. The van der Waals surface area contributed by atoms with Crippen molar-refractivity contribution in [2.24, 2.45) is 11.8 Å². The number of carbonyl (C=O) groups is 4. The Morgan fingerprint density at radius 3 is 1.50 bits per heavy atom. The third kappa shape index (κ3) is 8.60. The number of esters is 4. The van der Waals surface area contributed by atoms with Crippen LogP contribution in [0.4, 0.5) is 0 Å². The second-order valence-electron chi connectivity index (χ2n) is 9.28. The smallest absolute Gasteiger partial charge is 0.333 e. The molecule has 10 heteroatoms. The van der Waals surface area contributed by atoms with Crippen molar-refractivity contribution in [2.75, 3.05) is 13.2 Å². The Balaban J connectivity index is 2.30. The van der Waals surface area contributed by atoms with Crippen LogP contribution in [-0.2, 0) is 38.1 Å². The van der Waals surface area contributed by atoms with E-state index >= 15 is 0 Å². The molecule has 0 spiro atoms. The molecule has 0 radical (unpaired) electrons. The van der Waals surface area contributed by atoms with Gasteiger partial charge in [0.05, 0.1) is 11.8 Å². The minimum atomic E-state index is -1.34. The first kappa shape index (κ1) is 29.3. The summed E-state index contributed by atoms with van der Waals surface area (Å²) in [6.07, 6.45) is 0.716. The molecule has 0 aromatic carbocycles. The van der Waals surface area contributed by atoms with Crippen LogP contribution >= 0.6 is 0 Å². The summed E-state index contributed by atoms with van der Waals surface area (Å²) in [6, 6.07) is 0. The van der Waals surface area contributed by atoms with Gasteiger partial charge >= 0.3 is 23.9 Å². The van der Waals surface area contributed by atoms with Crippen molar-refractivity contribution < 1.29 is 48.3 Å². The number of cyclic esters (lactones) is 2. The molecule has 1 fully saturated rings. The van der Waals surface area contributed by atoms with E-state index in [1.165, 1.54) is 13.8 Å². The number of ether oxygens (including phenoxy) is 4. The van der Waals surface area contributed by atoms with Gasteiger partial charge in [-0.3, -0.25) is 9.59 Å². The quantitative estimate of drug-likeness (QED) is 0.250. The zero-order valence-electron chi connectivity index (χ0n) is 20.9. The highest BCUT2D eigenvalue weighted by Gasteiger charge is 2.39. The van der Waals surface area contributed by atoms with Crippen LogP contribution in [0.5, 0.6) is 0 Å². The molecular weight excluding hydrogens is 472 g/mol. The van der Waals surface area contributed by atoms with E-state index in [9.17, 15) is 29.4 Å². The average molecular weight is 509 g/mol. The van der Waals surface area contributed by atoms with Crippen molar-refractivity contribution in [2.45, 2.75) is 76.8 Å². The molecule has 2 rings (SSSR count). The van der Waals surface area contributed by atoms with E-state index in [0.29, 0.717) is 12.8 Å². The summed E-state index contributed by atoms with van der Waals surface area (Å²) in [7, 11) is 0. The second kappa shape index (κ2) is 13.9. The molecule has 6 unspecified atom stereocenters. The van der Waals surface area contributed by atoms with Gasteiger partial charge in [-0.25, -0.2) is 9.59 Å². The number of aliphatic hydroxyl groups is 2. The van der Waals surface area contributed by atoms with Crippen LogP contribution in [0.25, 0.3) is 0 Å². The molecule has 1 aliphatic heterocycles. The number of carbonyl (C=O) groups excluding carboxylic acids is 4. The summed E-state index contributed by atoms with van der Waals surface area (Å²) in [5.74, 6) is -4.28. The van der Waals surface area contributed by atoms with E-state index in [2.05, 4.69) is 13.2 Å². The van der Waals surface area contributed by atoms with Gasteiger partial charge in [0.1, 0.15) is 37.6 Å². The van der Waals surface area contributed by atoms with Gasteiger partial charge in [-0.05, 0) is 26.7 Å². The SMILES string of the molecule is C=C(C)C(=O)OC1CC=CCC(OC(=O)C(=C)C)C(O)COC(=O)C2CCCCC2C(=O)OCC1O. The fourth-order valence-electron chi connectivity index (χ4n) is 3.96. The lowest BCUT2D eigenvalue weighted by Gasteiger charge is -2.30. The predicted octanol–water partition coefficient (Wildman–Crippen LogP) is 1.93. The molecule has 0 aromatic heterocycles. The van der Waals surface area contributed by atoms with Crippen LogP contribution in [-0.4, -0.2) is 71.7 Å². The van der Waals surface area contributed by atoms with Crippen LogP contribution in [0, 0.1) is 11.8 Å². The van der Waals surface area contributed by atoms with Gasteiger partial charge in [-0.2, -0.15) is 0 Å². The number of rotatable bonds is 4. The van der Waals surface area contributed by atoms with Gasteiger partial charge in [-0.1, -0.05) is 38.2 Å². The Labute approximate surface area is 210 Å². The normalized spacial score (nSPS) is 30.2. The number of aliphatic hydroxyl groups excluding tert-OH is 2. The van der Waals surface area contributed by atoms with Crippen LogP contribution in [0.1, 0.15) is 52.4 Å². The highest BCUT2D eigenvalue weighted by atomic mass is 16.6. The summed E-state index contributed by atoms with van der Waals surface area (Å²) in [5.41, 5.74) is 0.266. The van der Waals surface area contributed by atoms with Crippen molar-refractivity contribution in [3.05, 3.63) is 36.5 Å². The van der Waals surface area contributed by atoms with Crippen molar-refractivity contribution >= 4 is 23.9 Å². The molecule has 0 amide bonds. The zero-order chi connectivity index (χ0) is 26.8. The van der Waals surface area contributed by atoms with Crippen LogP contribution in [0.15, 0.2) is 36.5 Å². The molecule has 0 bridgehead atoms. The van der Waals surface area contributed by atoms with Crippen molar-refractivity contribution in [1.29, 1.82) is 0 Å². The maximum absolute atomic E-state index is 12.8. The van der Waals surface area contributed by atoms with Gasteiger partial charge in [0.2, 0.25) is 0 Å². The second-order valence-corrected chi connectivity index (χ2v) is 9.28. The van der Waals surface area contributed by atoms with E-state index in [0.717, 1.165) is 12.8 Å². The number of hydrogen-bond acceptors (Lipinski definition) is 10. The molecule has 0 saturated heterocycles. The predicted molar refractivity (Wildman–Crippen MR) is 127 cm³/mol. The van der Waals surface area contributed by atoms with E-state index in [-0.39, 0.29) is 24.0 Å². The first-order chi connectivity index (χ1) is 17.0. The van der Waals surface area contributed by atoms with Crippen LogP contribution in [0.3, 0.4) is 0 Å². The molecule has 200 valence electrons. The Hall–Kier alpha value is -2.98. The van der Waals surface area contributed by atoms with Gasteiger partial charge in [0, 0.05) is 24.0 Å². The highest BCUT2D eigenvalue weighted by molar-refractivity contribution is 5.87. The first-order valence-corrected chi connectivity index (χ1v) is 12.1. The van der Waals surface area contributed by atoms with Crippen molar-refractivity contribution in [3.8, 4) is 0 Å².